The molecule has 0 bridgehead atoms. The SMILES string of the molecule is O=c1c2ccccc2nc2n1C(c1ccccc1)CO2. The highest BCUT2D eigenvalue weighted by Crippen LogP contribution is 2.28. The van der Waals surface area contributed by atoms with Gasteiger partial charge < -0.3 is 4.74 Å². The molecule has 0 saturated heterocycles. The van der Waals surface area contributed by atoms with Gasteiger partial charge in [-0.25, -0.2) is 0 Å². The number of fused-ring (bicyclic) bond motifs is 2. The van der Waals surface area contributed by atoms with E-state index in [1.165, 1.54) is 0 Å². The van der Waals surface area contributed by atoms with E-state index in [0.717, 1.165) is 5.56 Å². The lowest BCUT2D eigenvalue weighted by Crippen LogP contribution is -2.23. The minimum absolute atomic E-state index is 0.0445. The van der Waals surface area contributed by atoms with Gasteiger partial charge in [-0.3, -0.25) is 9.36 Å². The van der Waals surface area contributed by atoms with Crippen LogP contribution < -0.4 is 10.3 Å². The molecule has 0 radical (unpaired) electrons. The third kappa shape index (κ3) is 1.54. The van der Waals surface area contributed by atoms with E-state index in [4.69, 9.17) is 4.74 Å². The van der Waals surface area contributed by atoms with E-state index in [0.29, 0.717) is 23.5 Å². The predicted molar refractivity (Wildman–Crippen MR) is 76.1 cm³/mol. The van der Waals surface area contributed by atoms with Crippen molar-refractivity contribution in [1.82, 2.24) is 9.55 Å². The van der Waals surface area contributed by atoms with E-state index in [2.05, 4.69) is 4.98 Å². The minimum Gasteiger partial charge on any atom is -0.462 e. The van der Waals surface area contributed by atoms with Crippen LogP contribution in [0.4, 0.5) is 0 Å². The Bertz CT molecular complexity index is 840. The highest BCUT2D eigenvalue weighted by molar-refractivity contribution is 5.77. The molecular weight excluding hydrogens is 252 g/mol. The molecule has 0 fully saturated rings. The van der Waals surface area contributed by atoms with Crippen molar-refractivity contribution in [2.45, 2.75) is 6.04 Å². The topological polar surface area (TPSA) is 44.1 Å². The molecule has 4 heteroatoms. The monoisotopic (exact) mass is 264 g/mol. The number of ether oxygens (including phenoxy) is 1. The first-order valence-corrected chi connectivity index (χ1v) is 6.53. The Hall–Kier alpha value is -2.62. The van der Waals surface area contributed by atoms with E-state index in [-0.39, 0.29) is 11.6 Å². The number of hydrogen-bond acceptors (Lipinski definition) is 3. The molecule has 0 saturated carbocycles. The first kappa shape index (κ1) is 11.2. The Morgan fingerprint density at radius 3 is 2.65 bits per heavy atom. The van der Waals surface area contributed by atoms with Crippen molar-refractivity contribution in [3.8, 4) is 6.01 Å². The zero-order valence-corrected chi connectivity index (χ0v) is 10.7. The summed E-state index contributed by atoms with van der Waals surface area (Å²) in [6.45, 7) is 0.447. The maximum absolute atomic E-state index is 12.6. The molecule has 0 N–H and O–H groups in total. The van der Waals surface area contributed by atoms with Crippen LogP contribution in [0.5, 0.6) is 6.01 Å². The zero-order valence-electron chi connectivity index (χ0n) is 10.7. The third-order valence-electron chi connectivity index (χ3n) is 3.64. The highest BCUT2D eigenvalue weighted by Gasteiger charge is 2.28. The van der Waals surface area contributed by atoms with Crippen molar-refractivity contribution in [2.24, 2.45) is 0 Å². The summed E-state index contributed by atoms with van der Waals surface area (Å²) in [6.07, 6.45) is 0. The molecular formula is C16H12N2O2. The molecule has 20 heavy (non-hydrogen) atoms. The lowest BCUT2D eigenvalue weighted by molar-refractivity contribution is 0.333. The summed E-state index contributed by atoms with van der Waals surface area (Å²) in [5.74, 6) is 0. The first-order valence-electron chi connectivity index (χ1n) is 6.53. The summed E-state index contributed by atoms with van der Waals surface area (Å²) in [5.41, 5.74) is 1.69. The predicted octanol–water partition coefficient (Wildman–Crippen LogP) is 2.38. The molecule has 0 amide bonds. The molecule has 1 atom stereocenters. The van der Waals surface area contributed by atoms with Gasteiger partial charge in [-0.15, -0.1) is 0 Å². The molecule has 2 heterocycles. The normalized spacial score (nSPS) is 16.9. The Kier molecular flexibility index (Phi) is 2.36. The second-order valence-electron chi connectivity index (χ2n) is 4.82. The molecule has 0 spiro atoms. The van der Waals surface area contributed by atoms with E-state index >= 15 is 0 Å². The average molecular weight is 264 g/mol. The fourth-order valence-corrected chi connectivity index (χ4v) is 2.65. The summed E-state index contributed by atoms with van der Waals surface area (Å²) < 4.78 is 7.26. The molecule has 3 aromatic rings. The quantitative estimate of drug-likeness (QED) is 0.677. The van der Waals surface area contributed by atoms with Crippen LogP contribution in [0.15, 0.2) is 59.4 Å². The van der Waals surface area contributed by atoms with Crippen LogP contribution in [-0.4, -0.2) is 16.2 Å². The summed E-state index contributed by atoms with van der Waals surface area (Å²) in [7, 11) is 0. The summed E-state index contributed by atoms with van der Waals surface area (Å²) in [4.78, 5) is 17.1. The van der Waals surface area contributed by atoms with Gasteiger partial charge in [0, 0.05) is 0 Å². The van der Waals surface area contributed by atoms with Gasteiger partial charge in [0.05, 0.1) is 10.9 Å². The molecule has 1 aliphatic heterocycles. The Morgan fingerprint density at radius 1 is 1.05 bits per heavy atom. The molecule has 4 nitrogen and oxygen atoms in total. The molecule has 2 aromatic carbocycles. The van der Waals surface area contributed by atoms with Crippen molar-refractivity contribution in [2.75, 3.05) is 6.61 Å². The van der Waals surface area contributed by atoms with Gasteiger partial charge in [0.25, 0.3) is 5.56 Å². The second kappa shape index (κ2) is 4.20. The number of benzene rings is 2. The van der Waals surface area contributed by atoms with Crippen LogP contribution in [-0.2, 0) is 0 Å². The van der Waals surface area contributed by atoms with Gasteiger partial charge in [0.2, 0.25) is 0 Å². The maximum atomic E-state index is 12.6. The molecule has 1 aromatic heterocycles. The molecule has 0 aliphatic carbocycles. The molecule has 1 aliphatic rings. The smallest absolute Gasteiger partial charge is 0.300 e. The average Bonchev–Trinajstić information content (AvgIpc) is 2.92. The Balaban J connectivity index is 1.98. The number of hydrogen-bond donors (Lipinski definition) is 0. The van der Waals surface area contributed by atoms with Crippen LogP contribution in [0.3, 0.4) is 0 Å². The molecule has 1 unspecified atom stereocenters. The highest BCUT2D eigenvalue weighted by atomic mass is 16.5. The number of nitrogens with zero attached hydrogens (tertiary/aromatic N) is 2. The fourth-order valence-electron chi connectivity index (χ4n) is 2.65. The van der Waals surface area contributed by atoms with Crippen LogP contribution in [0.1, 0.15) is 11.6 Å². The standard InChI is InChI=1S/C16H12N2O2/c19-15-12-8-4-5-9-13(12)17-16-18(15)14(10-20-16)11-6-2-1-3-7-11/h1-9,14H,10H2. The fraction of sp³-hybridized carbons (Fsp3) is 0.125. The van der Waals surface area contributed by atoms with Gasteiger partial charge in [-0.05, 0) is 17.7 Å². The van der Waals surface area contributed by atoms with E-state index in [1.807, 2.05) is 48.5 Å². The molecule has 98 valence electrons. The minimum atomic E-state index is -0.101. The summed E-state index contributed by atoms with van der Waals surface area (Å²) in [5, 5.41) is 0.627. The largest absolute Gasteiger partial charge is 0.462 e. The first-order chi connectivity index (χ1) is 9.84. The van der Waals surface area contributed by atoms with Crippen LogP contribution >= 0.6 is 0 Å². The lowest BCUT2D eigenvalue weighted by Gasteiger charge is -2.11. The maximum Gasteiger partial charge on any atom is 0.300 e. The van der Waals surface area contributed by atoms with E-state index < -0.39 is 0 Å². The number of aromatic nitrogens is 2. The van der Waals surface area contributed by atoms with Crippen LogP contribution in [0.2, 0.25) is 0 Å². The second-order valence-corrected chi connectivity index (χ2v) is 4.82. The van der Waals surface area contributed by atoms with Crippen LogP contribution in [0, 0.1) is 0 Å². The summed E-state index contributed by atoms with van der Waals surface area (Å²) >= 11 is 0. The summed E-state index contributed by atoms with van der Waals surface area (Å²) in [6, 6.07) is 17.6. The zero-order chi connectivity index (χ0) is 13.5. The number of rotatable bonds is 1. The van der Waals surface area contributed by atoms with Crippen molar-refractivity contribution < 1.29 is 4.74 Å². The van der Waals surface area contributed by atoms with Crippen molar-refractivity contribution in [1.29, 1.82) is 0 Å². The van der Waals surface area contributed by atoms with Crippen LogP contribution in [0.25, 0.3) is 10.9 Å². The van der Waals surface area contributed by atoms with Crippen molar-refractivity contribution in [3.63, 3.8) is 0 Å². The van der Waals surface area contributed by atoms with Gasteiger partial charge in [-0.2, -0.15) is 4.98 Å². The Labute approximate surface area is 115 Å². The third-order valence-corrected chi connectivity index (χ3v) is 3.64. The lowest BCUT2D eigenvalue weighted by atomic mass is 10.1. The van der Waals surface area contributed by atoms with E-state index in [1.54, 1.807) is 10.6 Å². The molecule has 4 rings (SSSR count). The Morgan fingerprint density at radius 2 is 1.80 bits per heavy atom. The van der Waals surface area contributed by atoms with E-state index in [9.17, 15) is 4.79 Å². The van der Waals surface area contributed by atoms with Gasteiger partial charge in [-0.1, -0.05) is 42.5 Å². The van der Waals surface area contributed by atoms with Crippen molar-refractivity contribution >= 4 is 10.9 Å². The van der Waals surface area contributed by atoms with Gasteiger partial charge in [0.15, 0.2) is 0 Å². The van der Waals surface area contributed by atoms with Gasteiger partial charge in [0.1, 0.15) is 12.6 Å². The number of para-hydroxylation sites is 1. The van der Waals surface area contributed by atoms with Crippen molar-refractivity contribution in [3.05, 3.63) is 70.5 Å². The van der Waals surface area contributed by atoms with Gasteiger partial charge >= 0.3 is 6.01 Å².